The second-order valence-electron chi connectivity index (χ2n) is 9.12. The number of pyridine rings is 1. The number of carbonyl (C=O) groups is 1. The fourth-order valence-corrected chi connectivity index (χ4v) is 4.74. The number of aryl methyl sites for hydroxylation is 1. The van der Waals surface area contributed by atoms with Crippen LogP contribution in [0.4, 0.5) is 17.6 Å². The van der Waals surface area contributed by atoms with Crippen LogP contribution in [-0.4, -0.2) is 61.7 Å². The fourth-order valence-electron chi connectivity index (χ4n) is 4.74. The lowest BCUT2D eigenvalue weighted by Crippen LogP contribution is -2.41. The molecule has 1 aliphatic heterocycles. The summed E-state index contributed by atoms with van der Waals surface area (Å²) in [4.78, 5) is 32.7. The number of carbonyl (C=O) groups excluding carboxylic acids is 1. The number of amides is 1. The Labute approximate surface area is 217 Å². The smallest absolute Gasteiger partial charge is 0.378 e. The van der Waals surface area contributed by atoms with Crippen LogP contribution in [-0.2, 0) is 18.0 Å². The average molecular weight is 540 g/mol. The van der Waals surface area contributed by atoms with Crippen molar-refractivity contribution in [2.24, 2.45) is 7.05 Å². The van der Waals surface area contributed by atoms with Crippen molar-refractivity contribution < 1.29 is 27.1 Å². The summed E-state index contributed by atoms with van der Waals surface area (Å²) >= 11 is 0. The Morgan fingerprint density at radius 3 is 2.62 bits per heavy atom. The SMILES string of the molecule is Cn1ncc2c3[nH]n(-c4ccc(F)c(C(=O)N5CCOCC5)c4)c(=O)c3c(-c3cccc(C(F)(F)F)c3)nc21. The summed E-state index contributed by atoms with van der Waals surface area (Å²) in [5.74, 6) is -1.29. The minimum atomic E-state index is -4.60. The topological polar surface area (TPSA) is 98.0 Å². The summed E-state index contributed by atoms with van der Waals surface area (Å²) < 4.78 is 62.9. The van der Waals surface area contributed by atoms with E-state index >= 15 is 0 Å². The molecule has 200 valence electrons. The first-order chi connectivity index (χ1) is 18.6. The van der Waals surface area contributed by atoms with Gasteiger partial charge in [0, 0.05) is 25.7 Å². The Morgan fingerprint density at radius 1 is 1.10 bits per heavy atom. The maximum absolute atomic E-state index is 14.7. The summed E-state index contributed by atoms with van der Waals surface area (Å²) in [6, 6.07) is 8.23. The first-order valence-electron chi connectivity index (χ1n) is 11.9. The minimum Gasteiger partial charge on any atom is -0.378 e. The van der Waals surface area contributed by atoms with E-state index in [1.165, 1.54) is 40.0 Å². The maximum Gasteiger partial charge on any atom is 0.416 e. The van der Waals surface area contributed by atoms with Crippen LogP contribution in [0.1, 0.15) is 15.9 Å². The number of ether oxygens (including phenoxy) is 1. The Hall–Kier alpha value is -4.52. The molecule has 3 aromatic heterocycles. The van der Waals surface area contributed by atoms with Gasteiger partial charge in [-0.1, -0.05) is 12.1 Å². The number of morpholine rings is 1. The van der Waals surface area contributed by atoms with Crippen LogP contribution >= 0.6 is 0 Å². The Morgan fingerprint density at radius 2 is 1.87 bits per heavy atom. The zero-order valence-electron chi connectivity index (χ0n) is 20.4. The molecule has 0 bridgehead atoms. The van der Waals surface area contributed by atoms with Gasteiger partial charge < -0.3 is 9.64 Å². The number of aromatic nitrogens is 5. The number of fused-ring (bicyclic) bond motifs is 3. The number of rotatable bonds is 3. The molecule has 1 aliphatic rings. The van der Waals surface area contributed by atoms with Crippen LogP contribution in [0, 0.1) is 5.82 Å². The molecule has 0 saturated carbocycles. The van der Waals surface area contributed by atoms with Gasteiger partial charge in [0.1, 0.15) is 5.82 Å². The maximum atomic E-state index is 14.7. The molecule has 0 unspecified atom stereocenters. The van der Waals surface area contributed by atoms with E-state index < -0.39 is 29.0 Å². The number of hydrogen-bond acceptors (Lipinski definition) is 5. The first-order valence-corrected chi connectivity index (χ1v) is 11.9. The highest BCUT2D eigenvalue weighted by Crippen LogP contribution is 2.35. The van der Waals surface area contributed by atoms with E-state index in [4.69, 9.17) is 4.74 Å². The quantitative estimate of drug-likeness (QED) is 0.350. The number of aromatic amines is 1. The van der Waals surface area contributed by atoms with Crippen molar-refractivity contribution in [3.63, 3.8) is 0 Å². The van der Waals surface area contributed by atoms with Crippen molar-refractivity contribution >= 4 is 27.8 Å². The molecule has 9 nitrogen and oxygen atoms in total. The van der Waals surface area contributed by atoms with E-state index in [1.54, 1.807) is 7.05 Å². The second-order valence-corrected chi connectivity index (χ2v) is 9.12. The Bertz CT molecular complexity index is 1810. The molecule has 6 rings (SSSR count). The minimum absolute atomic E-state index is 0.0268. The molecule has 2 aromatic carbocycles. The summed E-state index contributed by atoms with van der Waals surface area (Å²) in [6.07, 6.45) is -3.11. The van der Waals surface area contributed by atoms with Crippen molar-refractivity contribution in [2.45, 2.75) is 6.18 Å². The van der Waals surface area contributed by atoms with Gasteiger partial charge in [0.25, 0.3) is 11.5 Å². The van der Waals surface area contributed by atoms with Crippen LogP contribution in [0.25, 0.3) is 38.9 Å². The highest BCUT2D eigenvalue weighted by molar-refractivity contribution is 6.07. The summed E-state index contributed by atoms with van der Waals surface area (Å²) in [6.45, 7) is 1.28. The van der Waals surface area contributed by atoms with E-state index in [0.29, 0.717) is 37.3 Å². The molecule has 1 fully saturated rings. The number of H-pyrrole nitrogens is 1. The molecule has 0 atom stereocenters. The number of alkyl halides is 3. The molecule has 0 aliphatic carbocycles. The van der Waals surface area contributed by atoms with Gasteiger partial charge in [-0.15, -0.1) is 0 Å². The lowest BCUT2D eigenvalue weighted by Gasteiger charge is -2.27. The van der Waals surface area contributed by atoms with Crippen LogP contribution in [0.15, 0.2) is 53.5 Å². The number of hydrogen-bond donors (Lipinski definition) is 1. The molecular weight excluding hydrogens is 520 g/mol. The Balaban J connectivity index is 1.56. The highest BCUT2D eigenvalue weighted by atomic mass is 19.4. The summed E-state index contributed by atoms with van der Waals surface area (Å²) in [5, 5.41) is 7.65. The van der Waals surface area contributed by atoms with Crippen molar-refractivity contribution in [2.75, 3.05) is 26.3 Å². The molecule has 1 N–H and O–H groups in total. The van der Waals surface area contributed by atoms with Gasteiger partial charge in [0.2, 0.25) is 0 Å². The van der Waals surface area contributed by atoms with Crippen LogP contribution in [0.5, 0.6) is 0 Å². The van der Waals surface area contributed by atoms with Crippen molar-refractivity contribution in [1.29, 1.82) is 0 Å². The largest absolute Gasteiger partial charge is 0.416 e. The summed E-state index contributed by atoms with van der Waals surface area (Å²) in [7, 11) is 1.62. The van der Waals surface area contributed by atoms with E-state index in [1.807, 2.05) is 0 Å². The van der Waals surface area contributed by atoms with Gasteiger partial charge in [-0.25, -0.2) is 14.1 Å². The third-order valence-corrected chi connectivity index (χ3v) is 6.72. The number of benzene rings is 2. The molecule has 0 spiro atoms. The van der Waals surface area contributed by atoms with Crippen LogP contribution < -0.4 is 5.56 Å². The zero-order chi connectivity index (χ0) is 27.5. The van der Waals surface area contributed by atoms with E-state index in [-0.39, 0.29) is 33.4 Å². The first kappa shape index (κ1) is 24.8. The highest BCUT2D eigenvalue weighted by Gasteiger charge is 2.31. The number of halogens is 4. The number of nitrogens with zero attached hydrogens (tertiary/aromatic N) is 5. The molecule has 4 heterocycles. The third-order valence-electron chi connectivity index (χ3n) is 6.72. The van der Waals surface area contributed by atoms with E-state index in [9.17, 15) is 27.2 Å². The average Bonchev–Trinajstić information content (AvgIpc) is 3.48. The van der Waals surface area contributed by atoms with Crippen molar-refractivity contribution in [3.05, 3.63) is 76.0 Å². The van der Waals surface area contributed by atoms with Crippen molar-refractivity contribution in [3.8, 4) is 16.9 Å². The zero-order valence-corrected chi connectivity index (χ0v) is 20.4. The van der Waals surface area contributed by atoms with Gasteiger partial charge in [-0.2, -0.15) is 18.3 Å². The molecule has 13 heteroatoms. The standard InChI is InChI=1S/C26H20F4N6O3/c1-34-23-18(13-31-34)22-20(21(32-23)14-3-2-4-15(11-14)26(28,29)30)25(38)36(33-22)16-5-6-19(27)17(12-16)24(37)35-7-9-39-10-8-35/h2-6,11-13,33H,7-10H2,1H3. The number of nitrogens with one attached hydrogen (secondary N) is 1. The summed E-state index contributed by atoms with van der Waals surface area (Å²) in [5.41, 5.74) is -0.833. The second kappa shape index (κ2) is 9.05. The van der Waals surface area contributed by atoms with Crippen LogP contribution in [0.2, 0.25) is 0 Å². The van der Waals surface area contributed by atoms with E-state index in [2.05, 4.69) is 15.2 Å². The van der Waals surface area contributed by atoms with Crippen LogP contribution in [0.3, 0.4) is 0 Å². The van der Waals surface area contributed by atoms with Gasteiger partial charge >= 0.3 is 6.18 Å². The molecule has 1 amide bonds. The fraction of sp³-hybridized carbons (Fsp3) is 0.231. The Kier molecular flexibility index (Phi) is 5.75. The molecule has 39 heavy (non-hydrogen) atoms. The van der Waals surface area contributed by atoms with E-state index in [0.717, 1.165) is 22.9 Å². The predicted molar refractivity (Wildman–Crippen MR) is 133 cm³/mol. The normalized spacial score (nSPS) is 14.4. The van der Waals surface area contributed by atoms with Crippen molar-refractivity contribution in [1.82, 2.24) is 29.4 Å². The van der Waals surface area contributed by atoms with Gasteiger partial charge in [-0.05, 0) is 30.3 Å². The molecular formula is C26H20F4N6O3. The lowest BCUT2D eigenvalue weighted by atomic mass is 10.0. The monoisotopic (exact) mass is 540 g/mol. The molecule has 5 aromatic rings. The van der Waals surface area contributed by atoms with Gasteiger partial charge in [0.15, 0.2) is 5.65 Å². The molecule has 1 saturated heterocycles. The lowest BCUT2D eigenvalue weighted by molar-refractivity contribution is -0.137. The third kappa shape index (κ3) is 4.14. The predicted octanol–water partition coefficient (Wildman–Crippen LogP) is 3.90. The van der Waals surface area contributed by atoms with Gasteiger partial charge in [-0.3, -0.25) is 19.4 Å². The molecule has 0 radical (unpaired) electrons. The van der Waals surface area contributed by atoms with Gasteiger partial charge in [0.05, 0.1) is 58.2 Å².